The van der Waals surface area contributed by atoms with Crippen LogP contribution in [0.2, 0.25) is 0 Å². The van der Waals surface area contributed by atoms with Gasteiger partial charge in [0, 0.05) is 18.3 Å². The lowest BCUT2D eigenvalue weighted by atomic mass is 10.1. The van der Waals surface area contributed by atoms with Gasteiger partial charge in [-0.25, -0.2) is 9.37 Å². The molecular weight excluding hydrogens is 349 g/mol. The second-order valence-corrected chi connectivity index (χ2v) is 5.81. The van der Waals surface area contributed by atoms with Gasteiger partial charge in [-0.15, -0.1) is 0 Å². The van der Waals surface area contributed by atoms with E-state index in [9.17, 15) is 9.18 Å². The standard InChI is InChI=1S/C20H20FN3O3/c1-26-17-8-3-14(19(11-17)27-2)9-10-23-20(25)18-12-22-13-24(18)16-6-4-15(21)5-7-16/h3-8,11-13H,9-10H2,1-2H3,(H,23,25). The molecule has 0 unspecified atom stereocenters. The number of hydrogen-bond acceptors (Lipinski definition) is 4. The van der Waals surface area contributed by atoms with Crippen LogP contribution in [0.3, 0.4) is 0 Å². The fourth-order valence-electron chi connectivity index (χ4n) is 2.73. The van der Waals surface area contributed by atoms with Gasteiger partial charge in [0.1, 0.15) is 23.0 Å². The maximum atomic E-state index is 13.1. The number of carbonyl (C=O) groups excluding carboxylic acids is 1. The van der Waals surface area contributed by atoms with Crippen LogP contribution >= 0.6 is 0 Å². The summed E-state index contributed by atoms with van der Waals surface area (Å²) in [5.74, 6) is 0.824. The molecular formula is C20H20FN3O3. The number of nitrogens with one attached hydrogen (secondary N) is 1. The van der Waals surface area contributed by atoms with E-state index in [1.807, 2.05) is 12.1 Å². The van der Waals surface area contributed by atoms with Gasteiger partial charge in [0.15, 0.2) is 0 Å². The van der Waals surface area contributed by atoms with Gasteiger partial charge in [0.2, 0.25) is 0 Å². The minimum atomic E-state index is -0.335. The maximum Gasteiger partial charge on any atom is 0.269 e. The first-order valence-corrected chi connectivity index (χ1v) is 8.39. The van der Waals surface area contributed by atoms with Gasteiger partial charge in [0.25, 0.3) is 5.91 Å². The molecule has 27 heavy (non-hydrogen) atoms. The molecule has 0 aliphatic rings. The highest BCUT2D eigenvalue weighted by atomic mass is 19.1. The fraction of sp³-hybridized carbons (Fsp3) is 0.200. The third-order valence-corrected chi connectivity index (χ3v) is 4.15. The number of nitrogens with zero attached hydrogens (tertiary/aromatic N) is 2. The average molecular weight is 369 g/mol. The second kappa shape index (κ2) is 8.35. The topological polar surface area (TPSA) is 65.4 Å². The van der Waals surface area contributed by atoms with Crippen molar-refractivity contribution >= 4 is 5.91 Å². The van der Waals surface area contributed by atoms with Crippen LogP contribution in [-0.2, 0) is 6.42 Å². The number of hydrogen-bond donors (Lipinski definition) is 1. The lowest BCUT2D eigenvalue weighted by Gasteiger charge is -2.12. The number of amides is 1. The zero-order chi connectivity index (χ0) is 19.2. The van der Waals surface area contributed by atoms with Crippen molar-refractivity contribution in [1.29, 1.82) is 0 Å². The van der Waals surface area contributed by atoms with E-state index in [1.54, 1.807) is 37.0 Å². The van der Waals surface area contributed by atoms with E-state index in [0.717, 1.165) is 5.56 Å². The second-order valence-electron chi connectivity index (χ2n) is 5.81. The molecule has 0 aliphatic heterocycles. The third-order valence-electron chi connectivity index (χ3n) is 4.15. The summed E-state index contributed by atoms with van der Waals surface area (Å²) in [5.41, 5.74) is 2.00. The maximum absolute atomic E-state index is 13.1. The van der Waals surface area contributed by atoms with E-state index in [2.05, 4.69) is 10.3 Å². The Labute approximate surface area is 156 Å². The number of ether oxygens (including phenoxy) is 2. The Bertz CT molecular complexity index is 922. The Hall–Kier alpha value is -3.35. The molecule has 2 aromatic carbocycles. The van der Waals surface area contributed by atoms with Crippen molar-refractivity contribution in [3.8, 4) is 17.2 Å². The minimum absolute atomic E-state index is 0.260. The molecule has 0 fully saturated rings. The van der Waals surface area contributed by atoms with Gasteiger partial charge in [-0.05, 0) is 42.3 Å². The van der Waals surface area contributed by atoms with Crippen molar-refractivity contribution in [2.24, 2.45) is 0 Å². The molecule has 1 N–H and O–H groups in total. The van der Waals surface area contributed by atoms with Crippen LogP contribution in [0.25, 0.3) is 5.69 Å². The number of imidazole rings is 1. The van der Waals surface area contributed by atoms with Crippen molar-refractivity contribution in [3.05, 3.63) is 72.1 Å². The summed E-state index contributed by atoms with van der Waals surface area (Å²) in [6.45, 7) is 0.427. The first kappa shape index (κ1) is 18.4. The van der Waals surface area contributed by atoms with Gasteiger partial charge in [-0.1, -0.05) is 6.07 Å². The predicted octanol–water partition coefficient (Wildman–Crippen LogP) is 3.00. The zero-order valence-corrected chi connectivity index (χ0v) is 15.1. The summed E-state index contributed by atoms with van der Waals surface area (Å²) in [4.78, 5) is 16.5. The quantitative estimate of drug-likeness (QED) is 0.695. The predicted molar refractivity (Wildman–Crippen MR) is 99.1 cm³/mol. The molecule has 140 valence electrons. The van der Waals surface area contributed by atoms with Crippen LogP contribution < -0.4 is 14.8 Å². The van der Waals surface area contributed by atoms with Gasteiger partial charge in [-0.2, -0.15) is 0 Å². The van der Waals surface area contributed by atoms with Crippen molar-refractivity contribution in [3.63, 3.8) is 0 Å². The van der Waals surface area contributed by atoms with E-state index < -0.39 is 0 Å². The monoisotopic (exact) mass is 369 g/mol. The van der Waals surface area contributed by atoms with E-state index in [4.69, 9.17) is 9.47 Å². The lowest BCUT2D eigenvalue weighted by Crippen LogP contribution is -2.27. The van der Waals surface area contributed by atoms with E-state index in [-0.39, 0.29) is 11.7 Å². The molecule has 0 spiro atoms. The van der Waals surface area contributed by atoms with Crippen LogP contribution in [-0.4, -0.2) is 36.2 Å². The van der Waals surface area contributed by atoms with Crippen LogP contribution in [0.5, 0.6) is 11.5 Å². The lowest BCUT2D eigenvalue weighted by molar-refractivity contribution is 0.0947. The SMILES string of the molecule is COc1ccc(CCNC(=O)c2cncn2-c2ccc(F)cc2)c(OC)c1. The summed E-state index contributed by atoms with van der Waals surface area (Å²) in [6, 6.07) is 11.4. The Morgan fingerprint density at radius 3 is 2.63 bits per heavy atom. The molecule has 0 radical (unpaired) electrons. The summed E-state index contributed by atoms with van der Waals surface area (Å²) in [5, 5.41) is 2.87. The number of aromatic nitrogens is 2. The van der Waals surface area contributed by atoms with Crippen molar-refractivity contribution in [1.82, 2.24) is 14.9 Å². The molecule has 1 heterocycles. The summed E-state index contributed by atoms with van der Waals surface area (Å²) >= 11 is 0. The molecule has 0 atom stereocenters. The average Bonchev–Trinajstić information content (AvgIpc) is 3.18. The van der Waals surface area contributed by atoms with Crippen molar-refractivity contribution in [2.45, 2.75) is 6.42 Å². The van der Waals surface area contributed by atoms with Crippen LogP contribution in [0, 0.1) is 5.82 Å². The van der Waals surface area contributed by atoms with E-state index in [1.165, 1.54) is 24.7 Å². The number of methoxy groups -OCH3 is 2. The largest absolute Gasteiger partial charge is 0.497 e. The fourth-order valence-corrected chi connectivity index (χ4v) is 2.73. The normalized spacial score (nSPS) is 10.5. The molecule has 0 saturated heterocycles. The molecule has 0 aliphatic carbocycles. The third kappa shape index (κ3) is 4.25. The minimum Gasteiger partial charge on any atom is -0.497 e. The Morgan fingerprint density at radius 2 is 1.93 bits per heavy atom. The molecule has 7 heteroatoms. The van der Waals surface area contributed by atoms with E-state index in [0.29, 0.717) is 35.8 Å². The molecule has 1 aromatic heterocycles. The van der Waals surface area contributed by atoms with Gasteiger partial charge in [-0.3, -0.25) is 9.36 Å². The van der Waals surface area contributed by atoms with Crippen LogP contribution in [0.1, 0.15) is 16.1 Å². The summed E-state index contributed by atoms with van der Waals surface area (Å²) < 4.78 is 25.3. The molecule has 0 bridgehead atoms. The first-order valence-electron chi connectivity index (χ1n) is 8.39. The number of rotatable bonds is 7. The Morgan fingerprint density at radius 1 is 1.15 bits per heavy atom. The molecule has 1 amide bonds. The highest BCUT2D eigenvalue weighted by Gasteiger charge is 2.13. The smallest absolute Gasteiger partial charge is 0.269 e. The zero-order valence-electron chi connectivity index (χ0n) is 15.1. The van der Waals surface area contributed by atoms with Crippen LogP contribution in [0.4, 0.5) is 4.39 Å². The highest BCUT2D eigenvalue weighted by Crippen LogP contribution is 2.24. The van der Waals surface area contributed by atoms with Crippen molar-refractivity contribution < 1.29 is 18.7 Å². The number of halogens is 1. The molecule has 3 rings (SSSR count). The number of benzene rings is 2. The van der Waals surface area contributed by atoms with Gasteiger partial charge < -0.3 is 14.8 Å². The highest BCUT2D eigenvalue weighted by molar-refractivity contribution is 5.93. The Kier molecular flexibility index (Phi) is 5.71. The summed E-state index contributed by atoms with van der Waals surface area (Å²) in [7, 11) is 3.19. The first-order chi connectivity index (χ1) is 13.1. The van der Waals surface area contributed by atoms with Crippen LogP contribution in [0.15, 0.2) is 55.0 Å². The summed E-state index contributed by atoms with van der Waals surface area (Å²) in [6.07, 6.45) is 3.60. The van der Waals surface area contributed by atoms with Crippen molar-refractivity contribution in [2.75, 3.05) is 20.8 Å². The van der Waals surface area contributed by atoms with Gasteiger partial charge >= 0.3 is 0 Å². The molecule has 3 aromatic rings. The Balaban J connectivity index is 1.66. The van der Waals surface area contributed by atoms with E-state index >= 15 is 0 Å². The molecule has 0 saturated carbocycles. The van der Waals surface area contributed by atoms with Gasteiger partial charge in [0.05, 0.1) is 26.7 Å². The number of carbonyl (C=O) groups is 1. The molecule has 6 nitrogen and oxygen atoms in total.